The van der Waals surface area contributed by atoms with Gasteiger partial charge in [0.1, 0.15) is 6.33 Å². The van der Waals surface area contributed by atoms with E-state index in [-0.39, 0.29) is 12.3 Å². The zero-order valence-corrected chi connectivity index (χ0v) is 20.0. The summed E-state index contributed by atoms with van der Waals surface area (Å²) in [5.41, 5.74) is 3.51. The predicted octanol–water partition coefficient (Wildman–Crippen LogP) is 2.09. The molecule has 0 bridgehead atoms. The highest BCUT2D eigenvalue weighted by Gasteiger charge is 2.45. The maximum atomic E-state index is 13.1. The Morgan fingerprint density at radius 2 is 1.78 bits per heavy atom. The van der Waals surface area contributed by atoms with Gasteiger partial charge in [-0.25, -0.2) is 4.68 Å². The third-order valence-corrected chi connectivity index (χ3v) is 6.88. The molecule has 196 valence electrons. The van der Waals surface area contributed by atoms with E-state index in [4.69, 9.17) is 4.74 Å². The van der Waals surface area contributed by atoms with Crippen LogP contribution in [0.4, 0.5) is 13.2 Å². The number of fused-ring (bicyclic) bond motifs is 1. The molecule has 9 nitrogen and oxygen atoms in total. The van der Waals surface area contributed by atoms with Crippen LogP contribution < -0.4 is 0 Å². The Kier molecular flexibility index (Phi) is 7.22. The summed E-state index contributed by atoms with van der Waals surface area (Å²) < 4.78 is 45.6. The van der Waals surface area contributed by atoms with Crippen LogP contribution in [0.1, 0.15) is 28.5 Å². The van der Waals surface area contributed by atoms with Crippen molar-refractivity contribution in [2.24, 2.45) is 0 Å². The van der Waals surface area contributed by atoms with Crippen molar-refractivity contribution >= 4 is 5.91 Å². The second-order valence-corrected chi connectivity index (χ2v) is 9.33. The Hall–Kier alpha value is -3.35. The van der Waals surface area contributed by atoms with Crippen LogP contribution in [-0.4, -0.2) is 86.0 Å². The summed E-state index contributed by atoms with van der Waals surface area (Å²) in [4.78, 5) is 16.9. The van der Waals surface area contributed by atoms with E-state index >= 15 is 0 Å². The van der Waals surface area contributed by atoms with Gasteiger partial charge in [0.25, 0.3) is 0 Å². The van der Waals surface area contributed by atoms with E-state index in [2.05, 4.69) is 20.4 Å². The van der Waals surface area contributed by atoms with Crippen molar-refractivity contribution in [1.82, 2.24) is 30.0 Å². The molecule has 1 saturated heterocycles. The zero-order valence-electron chi connectivity index (χ0n) is 20.0. The number of amides is 1. The molecule has 0 radical (unpaired) electrons. The van der Waals surface area contributed by atoms with Crippen LogP contribution in [0.3, 0.4) is 0 Å². The summed E-state index contributed by atoms with van der Waals surface area (Å²) in [7, 11) is 0. The molecule has 1 fully saturated rings. The highest BCUT2D eigenvalue weighted by molar-refractivity contribution is 5.79. The van der Waals surface area contributed by atoms with E-state index < -0.39 is 18.6 Å². The molecule has 2 aromatic carbocycles. The first kappa shape index (κ1) is 25.3. The largest absolute Gasteiger partial charge is 0.415 e. The molecule has 0 aliphatic carbocycles. The number of nitrogens with zero attached hydrogens (tertiary/aromatic N) is 6. The highest BCUT2D eigenvalue weighted by atomic mass is 19.4. The summed E-state index contributed by atoms with van der Waals surface area (Å²) >= 11 is 0. The summed E-state index contributed by atoms with van der Waals surface area (Å²) in [5.74, 6) is 0.0736. The van der Waals surface area contributed by atoms with Gasteiger partial charge in [0.15, 0.2) is 12.4 Å². The van der Waals surface area contributed by atoms with E-state index in [0.29, 0.717) is 37.1 Å². The fourth-order valence-electron chi connectivity index (χ4n) is 4.74. The number of hydrogen-bond donors (Lipinski definition) is 1. The zero-order chi connectivity index (χ0) is 26.0. The minimum absolute atomic E-state index is 0.0736. The Morgan fingerprint density at radius 1 is 1.05 bits per heavy atom. The number of carbonyl (C=O) groups is 1. The van der Waals surface area contributed by atoms with Gasteiger partial charge in [-0.2, -0.15) is 13.2 Å². The van der Waals surface area contributed by atoms with Crippen molar-refractivity contribution in [2.45, 2.75) is 37.8 Å². The van der Waals surface area contributed by atoms with Crippen LogP contribution in [0.5, 0.6) is 0 Å². The highest BCUT2D eigenvalue weighted by Crippen LogP contribution is 2.36. The molecular formula is C25H27F3N6O3. The first-order chi connectivity index (χ1) is 17.8. The van der Waals surface area contributed by atoms with Crippen molar-refractivity contribution in [3.8, 4) is 5.69 Å². The molecule has 0 saturated carbocycles. The molecule has 1 N–H and O–H groups in total. The van der Waals surface area contributed by atoms with Crippen molar-refractivity contribution < 1.29 is 27.8 Å². The molecular weight excluding hydrogens is 489 g/mol. The molecule has 5 rings (SSSR count). The summed E-state index contributed by atoms with van der Waals surface area (Å²) in [6.07, 6.45) is -5.90. The number of tetrazole rings is 1. The number of piperazine rings is 1. The molecule has 0 spiro atoms. The number of halogens is 3. The first-order valence-corrected chi connectivity index (χ1v) is 12.1. The lowest BCUT2D eigenvalue weighted by atomic mass is 9.94. The van der Waals surface area contributed by atoms with Gasteiger partial charge >= 0.3 is 6.18 Å². The number of carbonyl (C=O) groups excluding carboxylic acids is 1. The lowest BCUT2D eigenvalue weighted by Gasteiger charge is -2.35. The topological polar surface area (TPSA) is 96.6 Å². The summed E-state index contributed by atoms with van der Waals surface area (Å²) in [6.45, 7) is 3.46. The molecule has 3 aromatic rings. The van der Waals surface area contributed by atoms with Crippen LogP contribution in [0.2, 0.25) is 0 Å². The van der Waals surface area contributed by atoms with E-state index in [1.54, 1.807) is 16.8 Å². The standard InChI is InChI=1S/C25H27F3N6O3/c26-25(27,28)22-15-19-13-18(3-6-21(19)24(36)37-22)7-8-32-9-11-33(12-10-32)23(35)14-17-1-4-20(5-2-17)34-16-29-30-31-34/h1-6,13,16,22,24,36H,7-12,14-15H2. The smallest absolute Gasteiger partial charge is 0.364 e. The quantitative estimate of drug-likeness (QED) is 0.536. The third kappa shape index (κ3) is 5.97. The summed E-state index contributed by atoms with van der Waals surface area (Å²) in [6, 6.07) is 12.7. The van der Waals surface area contributed by atoms with Crippen LogP contribution in [0.25, 0.3) is 5.69 Å². The van der Waals surface area contributed by atoms with Crippen LogP contribution in [0.15, 0.2) is 48.8 Å². The van der Waals surface area contributed by atoms with Gasteiger partial charge in [-0.05, 0) is 45.7 Å². The average Bonchev–Trinajstić information content (AvgIpc) is 3.42. The maximum Gasteiger partial charge on any atom is 0.415 e. The SMILES string of the molecule is O=C(Cc1ccc(-n2cnnn2)cc1)N1CCN(CCc2ccc3c(c2)CC(C(F)(F)F)OC3O)CC1. The minimum atomic E-state index is -4.52. The van der Waals surface area contributed by atoms with Crippen molar-refractivity contribution in [1.29, 1.82) is 0 Å². The molecule has 37 heavy (non-hydrogen) atoms. The molecule has 12 heteroatoms. The van der Waals surface area contributed by atoms with Crippen molar-refractivity contribution in [3.63, 3.8) is 0 Å². The minimum Gasteiger partial charge on any atom is -0.364 e. The molecule has 1 aromatic heterocycles. The Balaban J connectivity index is 1.09. The number of alkyl halides is 3. The molecule has 2 atom stereocenters. The fraction of sp³-hybridized carbons (Fsp3) is 0.440. The number of rotatable bonds is 6. The monoisotopic (exact) mass is 516 g/mol. The third-order valence-electron chi connectivity index (χ3n) is 6.88. The van der Waals surface area contributed by atoms with Gasteiger partial charge in [0.05, 0.1) is 12.1 Å². The lowest BCUT2D eigenvalue weighted by molar-refractivity contribution is -0.270. The second kappa shape index (κ2) is 10.6. The number of aliphatic hydroxyl groups is 1. The molecule has 2 aliphatic heterocycles. The lowest BCUT2D eigenvalue weighted by Crippen LogP contribution is -2.49. The van der Waals surface area contributed by atoms with Gasteiger partial charge in [-0.3, -0.25) is 9.69 Å². The van der Waals surface area contributed by atoms with Gasteiger partial charge in [-0.1, -0.05) is 30.3 Å². The van der Waals surface area contributed by atoms with E-state index in [1.807, 2.05) is 35.2 Å². The molecule has 1 amide bonds. The predicted molar refractivity (Wildman–Crippen MR) is 126 cm³/mol. The van der Waals surface area contributed by atoms with Gasteiger partial charge < -0.3 is 14.7 Å². The maximum absolute atomic E-state index is 13.1. The second-order valence-electron chi connectivity index (χ2n) is 9.33. The van der Waals surface area contributed by atoms with Crippen LogP contribution in [-0.2, 0) is 28.8 Å². The Morgan fingerprint density at radius 3 is 2.46 bits per heavy atom. The summed E-state index contributed by atoms with van der Waals surface area (Å²) in [5, 5.41) is 21.0. The Bertz CT molecular complexity index is 1210. The van der Waals surface area contributed by atoms with E-state index in [9.17, 15) is 23.1 Å². The molecule has 2 unspecified atom stereocenters. The number of ether oxygens (including phenoxy) is 1. The number of benzene rings is 2. The molecule has 3 heterocycles. The first-order valence-electron chi connectivity index (χ1n) is 12.1. The average molecular weight is 517 g/mol. The number of aromatic nitrogens is 4. The van der Waals surface area contributed by atoms with Gasteiger partial charge in [0.2, 0.25) is 5.91 Å². The van der Waals surface area contributed by atoms with Crippen LogP contribution >= 0.6 is 0 Å². The fourth-order valence-corrected chi connectivity index (χ4v) is 4.74. The molecule has 2 aliphatic rings. The number of hydrogen-bond acceptors (Lipinski definition) is 7. The van der Waals surface area contributed by atoms with Gasteiger partial charge in [0, 0.05) is 44.7 Å². The van der Waals surface area contributed by atoms with Crippen LogP contribution in [0, 0.1) is 0 Å². The van der Waals surface area contributed by atoms with E-state index in [1.165, 1.54) is 6.33 Å². The van der Waals surface area contributed by atoms with Gasteiger partial charge in [-0.15, -0.1) is 5.10 Å². The van der Waals surface area contributed by atoms with E-state index in [0.717, 1.165) is 36.4 Å². The Labute approximate surface area is 211 Å². The van der Waals surface area contributed by atoms with Crippen molar-refractivity contribution in [3.05, 3.63) is 71.0 Å². The number of aliphatic hydroxyl groups excluding tert-OH is 1. The normalized spacial score (nSPS) is 20.6. The van der Waals surface area contributed by atoms with Crippen molar-refractivity contribution in [2.75, 3.05) is 32.7 Å².